The molecule has 0 bridgehead atoms. The molecule has 1 heterocycles. The Morgan fingerprint density at radius 3 is 2.50 bits per heavy atom. The summed E-state index contributed by atoms with van der Waals surface area (Å²) >= 11 is 0. The van der Waals surface area contributed by atoms with Crippen molar-refractivity contribution in [1.29, 1.82) is 0 Å². The largest absolute Gasteiger partial charge is 0.476 e. The molecular formula is C17H24N4O. The summed E-state index contributed by atoms with van der Waals surface area (Å²) in [6.45, 7) is 9.37. The molecule has 0 aliphatic heterocycles. The summed E-state index contributed by atoms with van der Waals surface area (Å²) in [4.78, 5) is 3.95. The van der Waals surface area contributed by atoms with Crippen LogP contribution in [0.2, 0.25) is 0 Å². The first-order chi connectivity index (χ1) is 10.4. The topological polar surface area (TPSA) is 59.9 Å². The molecule has 0 aliphatic carbocycles. The monoisotopic (exact) mass is 300 g/mol. The highest BCUT2D eigenvalue weighted by molar-refractivity contribution is 5.31. The van der Waals surface area contributed by atoms with Crippen LogP contribution in [0.25, 0.3) is 0 Å². The zero-order chi connectivity index (χ0) is 16.0. The molecule has 0 radical (unpaired) electrons. The first-order valence-electron chi connectivity index (χ1n) is 7.57. The molecule has 0 amide bonds. The fraction of sp³-hybridized carbons (Fsp3) is 0.471. The normalized spacial score (nSPS) is 12.9. The van der Waals surface area contributed by atoms with Crippen molar-refractivity contribution in [3.63, 3.8) is 0 Å². The smallest absolute Gasteiger partial charge is 0.147 e. The Bertz CT molecular complexity index is 563. The number of benzene rings is 1. The molecule has 1 N–H and O–H groups in total. The van der Waals surface area contributed by atoms with Crippen molar-refractivity contribution in [1.82, 2.24) is 20.5 Å². The SMILES string of the molecule is CC(NCCc1cncnn1)Oc1ccc(C(C)(C)C)cc1. The third kappa shape index (κ3) is 5.07. The Labute approximate surface area is 132 Å². The molecule has 1 aromatic heterocycles. The molecule has 0 fully saturated rings. The Kier molecular flexibility index (Phi) is 5.44. The highest BCUT2D eigenvalue weighted by Crippen LogP contribution is 2.24. The molecule has 0 saturated heterocycles. The summed E-state index contributed by atoms with van der Waals surface area (Å²) in [5.74, 6) is 0.870. The zero-order valence-electron chi connectivity index (χ0n) is 13.7. The van der Waals surface area contributed by atoms with Gasteiger partial charge in [-0.25, -0.2) is 4.98 Å². The minimum Gasteiger partial charge on any atom is -0.476 e. The van der Waals surface area contributed by atoms with Crippen LogP contribution < -0.4 is 10.1 Å². The quantitative estimate of drug-likeness (QED) is 0.831. The minimum absolute atomic E-state index is 0.0647. The summed E-state index contributed by atoms with van der Waals surface area (Å²) in [6.07, 6.45) is 3.87. The van der Waals surface area contributed by atoms with Crippen molar-refractivity contribution >= 4 is 0 Å². The van der Waals surface area contributed by atoms with Gasteiger partial charge in [0.25, 0.3) is 0 Å². The van der Waals surface area contributed by atoms with Gasteiger partial charge in [-0.3, -0.25) is 5.32 Å². The van der Waals surface area contributed by atoms with E-state index in [9.17, 15) is 0 Å². The van der Waals surface area contributed by atoms with Gasteiger partial charge in [-0.2, -0.15) is 5.10 Å². The van der Waals surface area contributed by atoms with Crippen molar-refractivity contribution in [3.05, 3.63) is 48.0 Å². The van der Waals surface area contributed by atoms with Crippen LogP contribution in [-0.4, -0.2) is 28.0 Å². The van der Waals surface area contributed by atoms with E-state index in [1.54, 1.807) is 6.20 Å². The van der Waals surface area contributed by atoms with Gasteiger partial charge in [0.2, 0.25) is 0 Å². The van der Waals surface area contributed by atoms with Crippen LogP contribution in [0.1, 0.15) is 39.0 Å². The molecule has 22 heavy (non-hydrogen) atoms. The van der Waals surface area contributed by atoms with Crippen LogP contribution in [0, 0.1) is 0 Å². The molecule has 5 heteroatoms. The van der Waals surface area contributed by atoms with Gasteiger partial charge in [0.05, 0.1) is 11.9 Å². The summed E-state index contributed by atoms with van der Waals surface area (Å²) in [5.41, 5.74) is 2.33. The predicted molar refractivity (Wildman–Crippen MR) is 86.8 cm³/mol. The first-order valence-corrected chi connectivity index (χ1v) is 7.57. The molecule has 2 aromatic rings. The molecule has 0 saturated carbocycles. The Morgan fingerprint density at radius 1 is 1.18 bits per heavy atom. The van der Waals surface area contributed by atoms with E-state index in [2.05, 4.69) is 53.4 Å². The van der Waals surface area contributed by atoms with E-state index in [0.29, 0.717) is 0 Å². The van der Waals surface area contributed by atoms with Crippen molar-refractivity contribution in [2.75, 3.05) is 6.54 Å². The molecule has 2 rings (SSSR count). The lowest BCUT2D eigenvalue weighted by Crippen LogP contribution is -2.33. The minimum atomic E-state index is -0.0647. The number of hydrogen-bond donors (Lipinski definition) is 1. The van der Waals surface area contributed by atoms with E-state index >= 15 is 0 Å². The number of aromatic nitrogens is 3. The fourth-order valence-corrected chi connectivity index (χ4v) is 2.07. The van der Waals surface area contributed by atoms with E-state index in [0.717, 1.165) is 24.4 Å². The van der Waals surface area contributed by atoms with Gasteiger partial charge in [-0.05, 0) is 30.0 Å². The van der Waals surface area contributed by atoms with Gasteiger partial charge < -0.3 is 4.74 Å². The van der Waals surface area contributed by atoms with Gasteiger partial charge in [0.1, 0.15) is 18.3 Å². The molecule has 1 atom stereocenters. The Balaban J connectivity index is 1.78. The molecule has 118 valence electrons. The average Bonchev–Trinajstić information content (AvgIpc) is 2.48. The number of nitrogens with zero attached hydrogens (tertiary/aromatic N) is 3. The van der Waals surface area contributed by atoms with E-state index in [-0.39, 0.29) is 11.6 Å². The lowest BCUT2D eigenvalue weighted by molar-refractivity contribution is 0.183. The van der Waals surface area contributed by atoms with E-state index < -0.39 is 0 Å². The maximum Gasteiger partial charge on any atom is 0.147 e. The number of rotatable bonds is 6. The van der Waals surface area contributed by atoms with E-state index in [1.807, 2.05) is 19.1 Å². The summed E-state index contributed by atoms with van der Waals surface area (Å²) in [5, 5.41) is 11.1. The average molecular weight is 300 g/mol. The lowest BCUT2D eigenvalue weighted by Gasteiger charge is -2.20. The standard InChI is InChI=1S/C17H24N4O/c1-13(19-10-9-15-11-18-12-20-21-15)22-16-7-5-14(6-8-16)17(2,3)4/h5-8,11-13,19H,9-10H2,1-4H3. The maximum absolute atomic E-state index is 5.86. The molecular weight excluding hydrogens is 276 g/mol. The van der Waals surface area contributed by atoms with Gasteiger partial charge in [0.15, 0.2) is 0 Å². The predicted octanol–water partition coefficient (Wildman–Crippen LogP) is 2.73. The van der Waals surface area contributed by atoms with Gasteiger partial charge in [-0.1, -0.05) is 32.9 Å². The lowest BCUT2D eigenvalue weighted by atomic mass is 9.87. The third-order valence-corrected chi connectivity index (χ3v) is 3.37. The number of hydrogen-bond acceptors (Lipinski definition) is 5. The summed E-state index contributed by atoms with van der Waals surface area (Å²) in [7, 11) is 0. The summed E-state index contributed by atoms with van der Waals surface area (Å²) in [6, 6.07) is 8.28. The zero-order valence-corrected chi connectivity index (χ0v) is 13.7. The summed E-state index contributed by atoms with van der Waals surface area (Å²) < 4.78 is 5.86. The Morgan fingerprint density at radius 2 is 1.91 bits per heavy atom. The van der Waals surface area contributed by atoms with Crippen molar-refractivity contribution in [2.24, 2.45) is 0 Å². The van der Waals surface area contributed by atoms with Gasteiger partial charge in [-0.15, -0.1) is 5.10 Å². The molecule has 1 aromatic carbocycles. The van der Waals surface area contributed by atoms with Crippen molar-refractivity contribution < 1.29 is 4.74 Å². The number of nitrogens with one attached hydrogen (secondary N) is 1. The maximum atomic E-state index is 5.86. The highest BCUT2D eigenvalue weighted by atomic mass is 16.5. The van der Waals surface area contributed by atoms with E-state index in [4.69, 9.17) is 4.74 Å². The van der Waals surface area contributed by atoms with Crippen LogP contribution in [0.5, 0.6) is 5.75 Å². The van der Waals surface area contributed by atoms with Crippen molar-refractivity contribution in [3.8, 4) is 5.75 Å². The van der Waals surface area contributed by atoms with Crippen LogP contribution in [0.15, 0.2) is 36.8 Å². The Hall–Kier alpha value is -2.01. The van der Waals surface area contributed by atoms with Crippen LogP contribution in [0.3, 0.4) is 0 Å². The molecule has 0 aliphatic rings. The van der Waals surface area contributed by atoms with Crippen LogP contribution in [0.4, 0.5) is 0 Å². The third-order valence-electron chi connectivity index (χ3n) is 3.37. The second kappa shape index (κ2) is 7.31. The molecule has 1 unspecified atom stereocenters. The second-order valence-electron chi connectivity index (χ2n) is 6.34. The fourth-order valence-electron chi connectivity index (χ4n) is 2.07. The van der Waals surface area contributed by atoms with E-state index in [1.165, 1.54) is 11.9 Å². The highest BCUT2D eigenvalue weighted by Gasteiger charge is 2.13. The molecule has 5 nitrogen and oxygen atoms in total. The van der Waals surface area contributed by atoms with Crippen LogP contribution >= 0.6 is 0 Å². The van der Waals surface area contributed by atoms with Crippen LogP contribution in [-0.2, 0) is 11.8 Å². The first kappa shape index (κ1) is 16.4. The second-order valence-corrected chi connectivity index (χ2v) is 6.34. The molecule has 0 spiro atoms. The number of ether oxygens (including phenoxy) is 1. The van der Waals surface area contributed by atoms with Gasteiger partial charge in [0, 0.05) is 13.0 Å². The van der Waals surface area contributed by atoms with Gasteiger partial charge >= 0.3 is 0 Å². The van der Waals surface area contributed by atoms with Crippen molar-refractivity contribution in [2.45, 2.75) is 45.8 Å².